The zero-order valence-electron chi connectivity index (χ0n) is 8.84. The number of aromatic nitrogens is 2. The van der Waals surface area contributed by atoms with Crippen molar-refractivity contribution >= 4 is 29.2 Å². The van der Waals surface area contributed by atoms with Gasteiger partial charge in [-0.05, 0) is 24.4 Å². The Balaban J connectivity index is 2.55. The van der Waals surface area contributed by atoms with E-state index in [1.165, 1.54) is 12.1 Å². The monoisotopic (exact) mass is 251 g/mol. The molecule has 1 heterocycles. The van der Waals surface area contributed by atoms with Gasteiger partial charge in [0.2, 0.25) is 0 Å². The third-order valence-electron chi connectivity index (χ3n) is 2.24. The van der Waals surface area contributed by atoms with Crippen LogP contribution < -0.4 is 5.32 Å². The van der Waals surface area contributed by atoms with E-state index < -0.39 is 5.82 Å². The van der Waals surface area contributed by atoms with Crippen LogP contribution in [-0.4, -0.2) is 22.4 Å². The van der Waals surface area contributed by atoms with Crippen molar-refractivity contribution in [1.82, 2.24) is 15.3 Å². The molecular weight excluding hydrogens is 241 g/mol. The second kappa shape index (κ2) is 4.50. The summed E-state index contributed by atoms with van der Waals surface area (Å²) in [7, 11) is 0. The highest BCUT2D eigenvalue weighted by Gasteiger charge is 2.13. The Morgan fingerprint density at radius 1 is 1.53 bits per heavy atom. The van der Waals surface area contributed by atoms with Crippen molar-refractivity contribution in [1.29, 1.82) is 0 Å². The number of carbonyl (C=O) groups excluding carboxylic acids is 1. The summed E-state index contributed by atoms with van der Waals surface area (Å²) in [4.78, 5) is 17.4. The van der Waals surface area contributed by atoms with Crippen LogP contribution in [0.25, 0.3) is 11.0 Å². The maximum Gasteiger partial charge on any atom is 0.253 e. The number of amides is 1. The Bertz CT molecular complexity index is 644. The fourth-order valence-corrected chi connectivity index (χ4v) is 1.76. The van der Waals surface area contributed by atoms with Crippen LogP contribution in [0.3, 0.4) is 0 Å². The highest BCUT2D eigenvalue weighted by Crippen LogP contribution is 2.17. The summed E-state index contributed by atoms with van der Waals surface area (Å²) in [5, 5.41) is 2.59. The van der Waals surface area contributed by atoms with Crippen molar-refractivity contribution in [2.75, 3.05) is 6.54 Å². The zero-order chi connectivity index (χ0) is 12.4. The standard InChI is InChI=1S/C11H10FN3OS/c1-2-3-13-10(16)7-4-6(12)5-8-9(7)15-11(17)14-8/h2,4-5H,1,3H2,(H,13,16)(H2,14,15,17). The lowest BCUT2D eigenvalue weighted by Crippen LogP contribution is -2.23. The number of carbonyl (C=O) groups is 1. The van der Waals surface area contributed by atoms with Gasteiger partial charge in [0, 0.05) is 6.54 Å². The van der Waals surface area contributed by atoms with Crippen molar-refractivity contribution in [3.05, 3.63) is 40.9 Å². The molecule has 0 bridgehead atoms. The molecule has 88 valence electrons. The van der Waals surface area contributed by atoms with E-state index in [-0.39, 0.29) is 11.5 Å². The molecule has 0 saturated carbocycles. The topological polar surface area (TPSA) is 60.7 Å². The molecule has 1 aromatic carbocycles. The number of hydrogen-bond acceptors (Lipinski definition) is 2. The molecule has 0 radical (unpaired) electrons. The van der Waals surface area contributed by atoms with Crippen LogP contribution in [0, 0.1) is 10.6 Å². The predicted molar refractivity (Wildman–Crippen MR) is 66.0 cm³/mol. The molecule has 1 amide bonds. The average molecular weight is 251 g/mol. The zero-order valence-corrected chi connectivity index (χ0v) is 9.66. The van der Waals surface area contributed by atoms with Crippen molar-refractivity contribution in [2.45, 2.75) is 0 Å². The molecule has 0 fully saturated rings. The third-order valence-corrected chi connectivity index (χ3v) is 2.45. The fraction of sp³-hybridized carbons (Fsp3) is 0.0909. The van der Waals surface area contributed by atoms with E-state index in [4.69, 9.17) is 12.2 Å². The molecule has 0 aliphatic carbocycles. The quantitative estimate of drug-likeness (QED) is 0.579. The van der Waals surface area contributed by atoms with Crippen molar-refractivity contribution in [2.24, 2.45) is 0 Å². The summed E-state index contributed by atoms with van der Waals surface area (Å²) in [6.07, 6.45) is 1.55. The van der Waals surface area contributed by atoms with E-state index >= 15 is 0 Å². The van der Waals surface area contributed by atoms with Gasteiger partial charge in [0.15, 0.2) is 4.77 Å². The van der Waals surface area contributed by atoms with E-state index in [0.29, 0.717) is 22.3 Å². The lowest BCUT2D eigenvalue weighted by molar-refractivity contribution is 0.0959. The van der Waals surface area contributed by atoms with E-state index in [9.17, 15) is 9.18 Å². The van der Waals surface area contributed by atoms with Gasteiger partial charge in [-0.2, -0.15) is 0 Å². The first kappa shape index (κ1) is 11.5. The number of halogens is 1. The molecule has 6 heteroatoms. The molecule has 0 atom stereocenters. The van der Waals surface area contributed by atoms with Crippen LogP contribution in [0.1, 0.15) is 10.4 Å². The number of imidazole rings is 1. The molecule has 0 saturated heterocycles. The molecule has 3 N–H and O–H groups in total. The first-order valence-corrected chi connectivity index (χ1v) is 5.33. The van der Waals surface area contributed by atoms with Crippen molar-refractivity contribution in [3.63, 3.8) is 0 Å². The Morgan fingerprint density at radius 2 is 2.29 bits per heavy atom. The van der Waals surface area contributed by atoms with E-state index in [1.54, 1.807) is 6.08 Å². The lowest BCUT2D eigenvalue weighted by atomic mass is 10.1. The lowest BCUT2D eigenvalue weighted by Gasteiger charge is -2.03. The van der Waals surface area contributed by atoms with Crippen molar-refractivity contribution < 1.29 is 9.18 Å². The SMILES string of the molecule is C=CCNC(=O)c1cc(F)cc2[nH]c(=S)[nH]c12. The van der Waals surface area contributed by atoms with Crippen LogP contribution in [0.4, 0.5) is 4.39 Å². The molecule has 2 aromatic rings. The van der Waals surface area contributed by atoms with Crippen molar-refractivity contribution in [3.8, 4) is 0 Å². The molecule has 0 unspecified atom stereocenters. The normalized spacial score (nSPS) is 10.4. The van der Waals surface area contributed by atoms with Gasteiger partial charge in [-0.1, -0.05) is 6.08 Å². The van der Waals surface area contributed by atoms with E-state index in [0.717, 1.165) is 0 Å². The summed E-state index contributed by atoms with van der Waals surface area (Å²) in [6.45, 7) is 3.81. The Morgan fingerprint density at radius 3 is 3.00 bits per heavy atom. The number of hydrogen-bond donors (Lipinski definition) is 3. The summed E-state index contributed by atoms with van der Waals surface area (Å²) in [5.74, 6) is -0.869. The maximum absolute atomic E-state index is 13.3. The van der Waals surface area contributed by atoms with Gasteiger partial charge in [0.25, 0.3) is 5.91 Å². The van der Waals surface area contributed by atoms with Crippen LogP contribution in [0.5, 0.6) is 0 Å². The summed E-state index contributed by atoms with van der Waals surface area (Å²) < 4.78 is 13.7. The Labute approximate surface area is 102 Å². The second-order valence-corrected chi connectivity index (χ2v) is 3.86. The van der Waals surface area contributed by atoms with Gasteiger partial charge in [0.05, 0.1) is 16.6 Å². The van der Waals surface area contributed by atoms with Gasteiger partial charge in [0.1, 0.15) is 5.82 Å². The smallest absolute Gasteiger partial charge is 0.253 e. The van der Waals surface area contributed by atoms with Gasteiger partial charge >= 0.3 is 0 Å². The molecular formula is C11H10FN3OS. The molecule has 0 aliphatic rings. The highest BCUT2D eigenvalue weighted by molar-refractivity contribution is 7.71. The number of rotatable bonds is 3. The number of nitrogens with one attached hydrogen (secondary N) is 3. The minimum Gasteiger partial charge on any atom is -0.349 e. The minimum absolute atomic E-state index is 0.217. The van der Waals surface area contributed by atoms with Gasteiger partial charge in [-0.15, -0.1) is 6.58 Å². The molecule has 0 spiro atoms. The summed E-state index contributed by atoms with van der Waals surface area (Å²) in [5.41, 5.74) is 1.19. The number of aromatic amines is 2. The largest absolute Gasteiger partial charge is 0.349 e. The summed E-state index contributed by atoms with van der Waals surface area (Å²) in [6, 6.07) is 2.45. The molecule has 2 rings (SSSR count). The molecule has 0 aliphatic heterocycles. The van der Waals surface area contributed by atoms with Crippen LogP contribution in [-0.2, 0) is 0 Å². The third kappa shape index (κ3) is 2.26. The Kier molecular flexibility index (Phi) is 3.06. The van der Waals surface area contributed by atoms with Crippen LogP contribution in [0.15, 0.2) is 24.8 Å². The van der Waals surface area contributed by atoms with Gasteiger partial charge < -0.3 is 15.3 Å². The predicted octanol–water partition coefficient (Wildman–Crippen LogP) is 2.28. The molecule has 4 nitrogen and oxygen atoms in total. The number of benzene rings is 1. The fourth-order valence-electron chi connectivity index (χ4n) is 1.55. The number of H-pyrrole nitrogens is 2. The summed E-state index contributed by atoms with van der Waals surface area (Å²) >= 11 is 4.91. The Hall–Kier alpha value is -1.95. The molecule has 17 heavy (non-hydrogen) atoms. The molecule has 1 aromatic heterocycles. The van der Waals surface area contributed by atoms with Gasteiger partial charge in [-0.25, -0.2) is 4.39 Å². The second-order valence-electron chi connectivity index (χ2n) is 3.45. The van der Waals surface area contributed by atoms with E-state index in [2.05, 4.69) is 21.9 Å². The van der Waals surface area contributed by atoms with Crippen LogP contribution >= 0.6 is 12.2 Å². The number of fused-ring (bicyclic) bond motifs is 1. The first-order valence-electron chi connectivity index (χ1n) is 4.92. The van der Waals surface area contributed by atoms with Gasteiger partial charge in [-0.3, -0.25) is 4.79 Å². The first-order chi connectivity index (χ1) is 8.11. The van der Waals surface area contributed by atoms with Crippen LogP contribution in [0.2, 0.25) is 0 Å². The highest BCUT2D eigenvalue weighted by atomic mass is 32.1. The minimum atomic E-state index is -0.494. The average Bonchev–Trinajstić information content (AvgIpc) is 2.64. The maximum atomic E-state index is 13.3. The van der Waals surface area contributed by atoms with E-state index in [1.807, 2.05) is 0 Å².